The fraction of sp³-hybridized carbons (Fsp3) is 0.417. The van der Waals surface area contributed by atoms with Crippen LogP contribution < -0.4 is 4.72 Å². The summed E-state index contributed by atoms with van der Waals surface area (Å²) in [6.07, 6.45) is 0.0594. The summed E-state index contributed by atoms with van der Waals surface area (Å²) in [7, 11) is -3.79. The van der Waals surface area contributed by atoms with Gasteiger partial charge in [0.2, 0.25) is 10.0 Å². The molecule has 7 nitrogen and oxygen atoms in total. The molecule has 1 atom stereocenters. The molecule has 1 aromatic carbocycles. The Hall–Kier alpha value is -1.98. The van der Waals surface area contributed by atoms with Crippen LogP contribution in [0.1, 0.15) is 20.3 Å². The standard InChI is InChI=1S/C12H15N3O4S/c1-9(2)12(7-8-13)14-20(18,19)11-5-3-10(4-6-11)15(16)17/h3-6,9,12,14H,7H2,1-2H3. The van der Waals surface area contributed by atoms with Crippen LogP contribution in [-0.4, -0.2) is 19.4 Å². The zero-order valence-corrected chi connectivity index (χ0v) is 11.9. The van der Waals surface area contributed by atoms with E-state index in [0.717, 1.165) is 12.1 Å². The van der Waals surface area contributed by atoms with Crippen molar-refractivity contribution in [2.75, 3.05) is 0 Å². The lowest BCUT2D eigenvalue weighted by atomic mass is 10.0. The van der Waals surface area contributed by atoms with Gasteiger partial charge in [-0.15, -0.1) is 0 Å². The molecule has 1 rings (SSSR count). The van der Waals surface area contributed by atoms with Crippen molar-refractivity contribution in [3.05, 3.63) is 34.4 Å². The minimum atomic E-state index is -3.79. The summed E-state index contributed by atoms with van der Waals surface area (Å²) in [4.78, 5) is 9.85. The fourth-order valence-corrected chi connectivity index (χ4v) is 2.91. The van der Waals surface area contributed by atoms with E-state index < -0.39 is 21.0 Å². The van der Waals surface area contributed by atoms with E-state index in [9.17, 15) is 18.5 Å². The van der Waals surface area contributed by atoms with E-state index >= 15 is 0 Å². The number of nitro benzene ring substituents is 1. The molecule has 0 saturated carbocycles. The van der Waals surface area contributed by atoms with Gasteiger partial charge in [0.1, 0.15) is 0 Å². The Morgan fingerprint density at radius 1 is 1.35 bits per heavy atom. The van der Waals surface area contributed by atoms with Gasteiger partial charge in [-0.3, -0.25) is 10.1 Å². The van der Waals surface area contributed by atoms with E-state index in [1.165, 1.54) is 12.1 Å². The Kier molecular flexibility index (Phi) is 5.19. The Labute approximate surface area is 117 Å². The van der Waals surface area contributed by atoms with Crippen molar-refractivity contribution in [2.45, 2.75) is 31.2 Å². The molecule has 1 aromatic rings. The molecule has 0 spiro atoms. The molecule has 0 fully saturated rings. The number of nitrogens with zero attached hydrogens (tertiary/aromatic N) is 2. The lowest BCUT2D eigenvalue weighted by Crippen LogP contribution is -2.38. The highest BCUT2D eigenvalue weighted by Gasteiger charge is 2.22. The van der Waals surface area contributed by atoms with Gasteiger partial charge in [0, 0.05) is 18.2 Å². The first-order valence-corrected chi connectivity index (χ1v) is 7.40. The molecule has 8 heteroatoms. The van der Waals surface area contributed by atoms with Gasteiger partial charge < -0.3 is 0 Å². The molecule has 0 aliphatic carbocycles. The number of nitrogens with one attached hydrogen (secondary N) is 1. The van der Waals surface area contributed by atoms with E-state index in [0.29, 0.717) is 0 Å². The number of rotatable bonds is 6. The van der Waals surface area contributed by atoms with E-state index in [2.05, 4.69) is 4.72 Å². The van der Waals surface area contributed by atoms with Crippen LogP contribution in [0, 0.1) is 27.4 Å². The number of benzene rings is 1. The third-order valence-electron chi connectivity index (χ3n) is 2.78. The van der Waals surface area contributed by atoms with Crippen LogP contribution in [0.5, 0.6) is 0 Å². The zero-order chi connectivity index (χ0) is 15.3. The minimum Gasteiger partial charge on any atom is -0.258 e. The van der Waals surface area contributed by atoms with Gasteiger partial charge in [0.05, 0.1) is 22.3 Å². The van der Waals surface area contributed by atoms with Crippen molar-refractivity contribution in [3.8, 4) is 6.07 Å². The molecule has 0 aliphatic rings. The first-order chi connectivity index (χ1) is 9.27. The highest BCUT2D eigenvalue weighted by Crippen LogP contribution is 2.17. The van der Waals surface area contributed by atoms with Gasteiger partial charge in [0.25, 0.3) is 5.69 Å². The van der Waals surface area contributed by atoms with Gasteiger partial charge in [-0.1, -0.05) is 13.8 Å². The van der Waals surface area contributed by atoms with Crippen LogP contribution in [-0.2, 0) is 10.0 Å². The smallest absolute Gasteiger partial charge is 0.258 e. The molecule has 1 unspecified atom stereocenters. The summed E-state index contributed by atoms with van der Waals surface area (Å²) in [6, 6.07) is 6.03. The van der Waals surface area contributed by atoms with E-state index in [1.54, 1.807) is 13.8 Å². The second kappa shape index (κ2) is 6.45. The maximum atomic E-state index is 12.1. The summed E-state index contributed by atoms with van der Waals surface area (Å²) in [5.74, 6) is -0.0394. The average Bonchev–Trinajstić information content (AvgIpc) is 2.38. The Balaban J connectivity index is 2.98. The summed E-state index contributed by atoms with van der Waals surface area (Å²) in [5.41, 5.74) is -0.179. The number of nitro groups is 1. The molecule has 0 saturated heterocycles. The number of non-ortho nitro benzene ring substituents is 1. The first kappa shape index (κ1) is 16.1. The zero-order valence-electron chi connectivity index (χ0n) is 11.1. The monoisotopic (exact) mass is 297 g/mol. The summed E-state index contributed by atoms with van der Waals surface area (Å²) >= 11 is 0. The lowest BCUT2D eigenvalue weighted by molar-refractivity contribution is -0.384. The molecule has 0 aromatic heterocycles. The molecular weight excluding hydrogens is 282 g/mol. The van der Waals surface area contributed by atoms with Gasteiger partial charge in [0.15, 0.2) is 0 Å². The summed E-state index contributed by atoms with van der Waals surface area (Å²) in [6.45, 7) is 3.61. The molecule has 0 amide bonds. The predicted octanol–water partition coefficient (Wildman–Crippen LogP) is 1.81. The molecule has 20 heavy (non-hydrogen) atoms. The normalized spacial score (nSPS) is 12.9. The second-order valence-corrected chi connectivity index (χ2v) is 6.30. The van der Waals surface area contributed by atoms with Gasteiger partial charge >= 0.3 is 0 Å². The Morgan fingerprint density at radius 2 is 1.90 bits per heavy atom. The van der Waals surface area contributed by atoms with Crippen LogP contribution in [0.4, 0.5) is 5.69 Å². The van der Waals surface area contributed by atoms with Gasteiger partial charge in [-0.2, -0.15) is 5.26 Å². The average molecular weight is 297 g/mol. The summed E-state index contributed by atoms with van der Waals surface area (Å²) in [5, 5.41) is 19.2. The minimum absolute atomic E-state index is 0.0394. The predicted molar refractivity (Wildman–Crippen MR) is 72.3 cm³/mol. The lowest BCUT2D eigenvalue weighted by Gasteiger charge is -2.19. The van der Waals surface area contributed by atoms with E-state index in [-0.39, 0.29) is 22.9 Å². The van der Waals surface area contributed by atoms with E-state index in [1.807, 2.05) is 6.07 Å². The van der Waals surface area contributed by atoms with Crippen molar-refractivity contribution >= 4 is 15.7 Å². The van der Waals surface area contributed by atoms with Crippen LogP contribution in [0.3, 0.4) is 0 Å². The quantitative estimate of drug-likeness (QED) is 0.635. The van der Waals surface area contributed by atoms with Crippen molar-refractivity contribution < 1.29 is 13.3 Å². The molecule has 0 heterocycles. The van der Waals surface area contributed by atoms with Gasteiger partial charge in [-0.05, 0) is 18.1 Å². The highest BCUT2D eigenvalue weighted by atomic mass is 32.2. The molecule has 108 valence electrons. The molecular formula is C12H15N3O4S. The van der Waals surface area contributed by atoms with Crippen molar-refractivity contribution in [3.63, 3.8) is 0 Å². The van der Waals surface area contributed by atoms with Crippen molar-refractivity contribution in [1.29, 1.82) is 5.26 Å². The molecule has 0 radical (unpaired) electrons. The van der Waals surface area contributed by atoms with Crippen molar-refractivity contribution in [2.24, 2.45) is 5.92 Å². The second-order valence-electron chi connectivity index (χ2n) is 4.59. The van der Waals surface area contributed by atoms with Gasteiger partial charge in [-0.25, -0.2) is 13.1 Å². The third kappa shape index (κ3) is 4.01. The van der Waals surface area contributed by atoms with Crippen LogP contribution in [0.2, 0.25) is 0 Å². The van der Waals surface area contributed by atoms with Crippen molar-refractivity contribution in [1.82, 2.24) is 4.72 Å². The number of hydrogen-bond acceptors (Lipinski definition) is 5. The number of hydrogen-bond donors (Lipinski definition) is 1. The molecule has 0 bridgehead atoms. The summed E-state index contributed by atoms with van der Waals surface area (Å²) < 4.78 is 26.7. The Morgan fingerprint density at radius 3 is 2.30 bits per heavy atom. The topological polar surface area (TPSA) is 113 Å². The Bertz CT molecular complexity index is 617. The van der Waals surface area contributed by atoms with Crippen LogP contribution in [0.15, 0.2) is 29.2 Å². The maximum absolute atomic E-state index is 12.1. The third-order valence-corrected chi connectivity index (χ3v) is 4.29. The number of nitriles is 1. The van der Waals surface area contributed by atoms with E-state index in [4.69, 9.17) is 5.26 Å². The largest absolute Gasteiger partial charge is 0.269 e. The first-order valence-electron chi connectivity index (χ1n) is 5.91. The molecule has 0 aliphatic heterocycles. The van der Waals surface area contributed by atoms with Crippen LogP contribution >= 0.6 is 0 Å². The highest BCUT2D eigenvalue weighted by molar-refractivity contribution is 7.89. The van der Waals surface area contributed by atoms with Crippen LogP contribution in [0.25, 0.3) is 0 Å². The SMILES string of the molecule is CC(C)C(CC#N)NS(=O)(=O)c1ccc([N+](=O)[O-])cc1. The fourth-order valence-electron chi connectivity index (χ4n) is 1.53. The number of sulfonamides is 1. The maximum Gasteiger partial charge on any atom is 0.269 e. The molecule has 1 N–H and O–H groups in total.